The SMILES string of the molecule is COc1ccc(CC2(CN)CC2)c(Br)c1O. The molecule has 0 atom stereocenters. The van der Waals surface area contributed by atoms with E-state index in [2.05, 4.69) is 15.9 Å². The second-order valence-corrected chi connectivity index (χ2v) is 5.26. The largest absolute Gasteiger partial charge is 0.503 e. The molecule has 1 aromatic rings. The standard InChI is InChI=1S/C12H16BrNO2/c1-16-9-3-2-8(10(13)11(9)15)6-12(7-14)4-5-12/h2-3,15H,4-7,14H2,1H3. The van der Waals surface area contributed by atoms with Crippen molar-refractivity contribution in [2.45, 2.75) is 19.3 Å². The zero-order valence-electron chi connectivity index (χ0n) is 9.29. The monoisotopic (exact) mass is 285 g/mol. The number of hydrogen-bond donors (Lipinski definition) is 2. The van der Waals surface area contributed by atoms with Crippen LogP contribution in [0.15, 0.2) is 16.6 Å². The van der Waals surface area contributed by atoms with Crippen LogP contribution in [0.25, 0.3) is 0 Å². The molecule has 0 radical (unpaired) electrons. The van der Waals surface area contributed by atoms with Gasteiger partial charge in [-0.25, -0.2) is 0 Å². The maximum atomic E-state index is 9.87. The van der Waals surface area contributed by atoms with Crippen molar-refractivity contribution in [2.24, 2.45) is 11.1 Å². The van der Waals surface area contributed by atoms with E-state index < -0.39 is 0 Å². The highest BCUT2D eigenvalue weighted by molar-refractivity contribution is 9.10. The van der Waals surface area contributed by atoms with Crippen LogP contribution < -0.4 is 10.5 Å². The molecule has 0 aromatic heterocycles. The minimum atomic E-state index is 0.174. The summed E-state index contributed by atoms with van der Waals surface area (Å²) >= 11 is 3.41. The topological polar surface area (TPSA) is 55.5 Å². The van der Waals surface area contributed by atoms with E-state index in [1.54, 1.807) is 13.2 Å². The average molecular weight is 286 g/mol. The Labute approximate surface area is 104 Å². The molecule has 1 aliphatic rings. The van der Waals surface area contributed by atoms with Crippen LogP contribution in [-0.2, 0) is 6.42 Å². The highest BCUT2D eigenvalue weighted by Gasteiger charge is 2.41. The van der Waals surface area contributed by atoms with Crippen molar-refractivity contribution in [3.8, 4) is 11.5 Å². The highest BCUT2D eigenvalue weighted by Crippen LogP contribution is 2.49. The van der Waals surface area contributed by atoms with E-state index in [1.165, 1.54) is 12.8 Å². The van der Waals surface area contributed by atoms with Crippen molar-refractivity contribution < 1.29 is 9.84 Å². The molecule has 1 fully saturated rings. The van der Waals surface area contributed by atoms with Gasteiger partial charge in [0.15, 0.2) is 11.5 Å². The van der Waals surface area contributed by atoms with Crippen LogP contribution in [0.3, 0.4) is 0 Å². The van der Waals surface area contributed by atoms with Crippen LogP contribution in [-0.4, -0.2) is 18.8 Å². The summed E-state index contributed by atoms with van der Waals surface area (Å²) in [5, 5.41) is 9.87. The predicted molar refractivity (Wildman–Crippen MR) is 66.8 cm³/mol. The number of phenolic OH excluding ortho intramolecular Hbond substituents is 1. The number of phenols is 1. The van der Waals surface area contributed by atoms with E-state index in [0.717, 1.165) is 16.5 Å². The first-order valence-corrected chi connectivity index (χ1v) is 6.15. The van der Waals surface area contributed by atoms with Crippen molar-refractivity contribution in [3.05, 3.63) is 22.2 Å². The van der Waals surface area contributed by atoms with Crippen molar-refractivity contribution in [2.75, 3.05) is 13.7 Å². The fourth-order valence-electron chi connectivity index (χ4n) is 1.92. The summed E-state index contributed by atoms with van der Waals surface area (Å²) in [4.78, 5) is 0. The van der Waals surface area contributed by atoms with Crippen LogP contribution >= 0.6 is 15.9 Å². The summed E-state index contributed by atoms with van der Waals surface area (Å²) in [5.41, 5.74) is 7.12. The maximum Gasteiger partial charge on any atom is 0.172 e. The summed E-state index contributed by atoms with van der Waals surface area (Å²) in [6, 6.07) is 3.78. The van der Waals surface area contributed by atoms with Gasteiger partial charge in [-0.15, -0.1) is 0 Å². The maximum absolute atomic E-state index is 9.87. The molecule has 3 N–H and O–H groups in total. The van der Waals surface area contributed by atoms with E-state index in [9.17, 15) is 5.11 Å². The molecular weight excluding hydrogens is 270 g/mol. The highest BCUT2D eigenvalue weighted by atomic mass is 79.9. The number of halogens is 1. The summed E-state index contributed by atoms with van der Waals surface area (Å²) in [6.07, 6.45) is 3.28. The lowest BCUT2D eigenvalue weighted by Crippen LogP contribution is -2.18. The van der Waals surface area contributed by atoms with Gasteiger partial charge in [0.1, 0.15) is 0 Å². The molecule has 3 nitrogen and oxygen atoms in total. The summed E-state index contributed by atoms with van der Waals surface area (Å²) < 4.78 is 5.78. The van der Waals surface area contributed by atoms with Crippen LogP contribution in [0.2, 0.25) is 0 Å². The molecule has 2 rings (SSSR count). The lowest BCUT2D eigenvalue weighted by molar-refractivity contribution is 0.371. The van der Waals surface area contributed by atoms with Gasteiger partial charge in [-0.2, -0.15) is 0 Å². The molecule has 4 heteroatoms. The summed E-state index contributed by atoms with van der Waals surface area (Å²) in [5.74, 6) is 0.668. The van der Waals surface area contributed by atoms with Crippen LogP contribution in [0.5, 0.6) is 11.5 Å². The average Bonchev–Trinajstić information content (AvgIpc) is 3.06. The molecular formula is C12H16BrNO2. The molecule has 0 amide bonds. The van der Waals surface area contributed by atoms with Crippen molar-refractivity contribution in [1.82, 2.24) is 0 Å². The fourth-order valence-corrected chi connectivity index (χ4v) is 2.39. The molecule has 0 aliphatic heterocycles. The van der Waals surface area contributed by atoms with Gasteiger partial charge in [-0.1, -0.05) is 6.07 Å². The number of nitrogens with two attached hydrogens (primary N) is 1. The number of rotatable bonds is 4. The van der Waals surface area contributed by atoms with Gasteiger partial charge < -0.3 is 15.6 Å². The molecule has 0 saturated heterocycles. The number of methoxy groups -OCH3 is 1. The zero-order chi connectivity index (χ0) is 11.8. The van der Waals surface area contributed by atoms with E-state index in [4.69, 9.17) is 10.5 Å². The van der Waals surface area contributed by atoms with Gasteiger partial charge >= 0.3 is 0 Å². The normalized spacial score (nSPS) is 17.2. The molecule has 0 unspecified atom stereocenters. The molecule has 1 aromatic carbocycles. The Morgan fingerprint density at radius 1 is 1.50 bits per heavy atom. The Hall–Kier alpha value is -0.740. The van der Waals surface area contributed by atoms with Crippen molar-refractivity contribution in [1.29, 1.82) is 0 Å². The van der Waals surface area contributed by atoms with Gasteiger partial charge in [-0.05, 0) is 58.8 Å². The second-order valence-electron chi connectivity index (χ2n) is 4.47. The van der Waals surface area contributed by atoms with Crippen molar-refractivity contribution in [3.63, 3.8) is 0 Å². The van der Waals surface area contributed by atoms with Gasteiger partial charge in [-0.3, -0.25) is 0 Å². The van der Waals surface area contributed by atoms with E-state index in [-0.39, 0.29) is 11.2 Å². The molecule has 0 spiro atoms. The van der Waals surface area contributed by atoms with Crippen LogP contribution in [0.1, 0.15) is 18.4 Å². The lowest BCUT2D eigenvalue weighted by Gasteiger charge is -2.15. The Morgan fingerprint density at radius 2 is 2.19 bits per heavy atom. The van der Waals surface area contributed by atoms with Gasteiger partial charge in [0.25, 0.3) is 0 Å². The van der Waals surface area contributed by atoms with E-state index in [1.807, 2.05) is 6.07 Å². The third kappa shape index (κ3) is 2.04. The summed E-state index contributed by atoms with van der Waals surface area (Å²) in [6.45, 7) is 0.715. The third-order valence-corrected chi connectivity index (χ3v) is 4.22. The molecule has 0 heterocycles. The number of benzene rings is 1. The zero-order valence-corrected chi connectivity index (χ0v) is 10.9. The minimum absolute atomic E-state index is 0.174. The number of hydrogen-bond acceptors (Lipinski definition) is 3. The molecule has 0 bridgehead atoms. The first kappa shape index (κ1) is 11.7. The Morgan fingerprint density at radius 3 is 2.69 bits per heavy atom. The van der Waals surface area contributed by atoms with E-state index >= 15 is 0 Å². The molecule has 1 aliphatic carbocycles. The Kier molecular flexibility index (Phi) is 3.13. The lowest BCUT2D eigenvalue weighted by atomic mass is 9.96. The fraction of sp³-hybridized carbons (Fsp3) is 0.500. The second kappa shape index (κ2) is 4.26. The molecule has 1 saturated carbocycles. The van der Waals surface area contributed by atoms with Crippen LogP contribution in [0, 0.1) is 5.41 Å². The third-order valence-electron chi connectivity index (χ3n) is 3.33. The number of aromatic hydroxyl groups is 1. The minimum Gasteiger partial charge on any atom is -0.503 e. The van der Waals surface area contributed by atoms with Gasteiger partial charge in [0.2, 0.25) is 0 Å². The first-order valence-electron chi connectivity index (χ1n) is 5.36. The predicted octanol–water partition coefficient (Wildman–Crippen LogP) is 2.44. The first-order chi connectivity index (χ1) is 7.62. The van der Waals surface area contributed by atoms with Gasteiger partial charge in [0, 0.05) is 0 Å². The van der Waals surface area contributed by atoms with Crippen LogP contribution in [0.4, 0.5) is 0 Å². The molecule has 88 valence electrons. The molecule has 16 heavy (non-hydrogen) atoms. The van der Waals surface area contributed by atoms with E-state index in [0.29, 0.717) is 12.3 Å². The number of ether oxygens (including phenoxy) is 1. The smallest absolute Gasteiger partial charge is 0.172 e. The van der Waals surface area contributed by atoms with Crippen molar-refractivity contribution >= 4 is 15.9 Å². The Bertz CT molecular complexity index is 402. The van der Waals surface area contributed by atoms with Gasteiger partial charge in [0.05, 0.1) is 11.6 Å². The Balaban J connectivity index is 2.25. The quantitative estimate of drug-likeness (QED) is 0.894. The summed E-state index contributed by atoms with van der Waals surface area (Å²) in [7, 11) is 1.55.